The lowest BCUT2D eigenvalue weighted by Crippen LogP contribution is -2.43. The Morgan fingerprint density at radius 2 is 1.82 bits per heavy atom. The molecule has 3 heteroatoms. The first-order valence-corrected chi connectivity index (χ1v) is 6.55. The largest absolute Gasteiger partial charge is 0.314 e. The molecule has 2 rings (SSSR count). The Morgan fingerprint density at radius 3 is 2.53 bits per heavy atom. The molecule has 0 aliphatic carbocycles. The van der Waals surface area contributed by atoms with Gasteiger partial charge in [0.15, 0.2) is 0 Å². The van der Waals surface area contributed by atoms with E-state index in [2.05, 4.69) is 34.5 Å². The minimum atomic E-state index is 0.804. The molecule has 1 fully saturated rings. The molecule has 1 heterocycles. The average Bonchev–Trinajstić information content (AvgIpc) is 2.38. The number of benzene rings is 1. The molecule has 0 aromatic heterocycles. The van der Waals surface area contributed by atoms with Crippen molar-refractivity contribution in [1.82, 2.24) is 10.2 Å². The van der Waals surface area contributed by atoms with Crippen molar-refractivity contribution in [2.24, 2.45) is 0 Å². The van der Waals surface area contributed by atoms with Crippen molar-refractivity contribution in [1.29, 1.82) is 0 Å². The Labute approximate surface area is 108 Å². The van der Waals surface area contributed by atoms with Gasteiger partial charge in [0.2, 0.25) is 0 Å². The summed E-state index contributed by atoms with van der Waals surface area (Å²) in [4.78, 5) is 2.47. The molecule has 0 saturated carbocycles. The van der Waals surface area contributed by atoms with Crippen LogP contribution in [0.2, 0.25) is 5.02 Å². The van der Waals surface area contributed by atoms with Crippen LogP contribution in [0.15, 0.2) is 36.4 Å². The SMILES string of the molecule is Clc1ccc(C/C=C\CN2CCNCC2)cc1. The number of halogens is 1. The van der Waals surface area contributed by atoms with Crippen molar-refractivity contribution in [3.63, 3.8) is 0 Å². The van der Waals surface area contributed by atoms with Crippen LogP contribution in [0.1, 0.15) is 5.56 Å². The van der Waals surface area contributed by atoms with Crippen LogP contribution in [0, 0.1) is 0 Å². The van der Waals surface area contributed by atoms with E-state index in [0.29, 0.717) is 0 Å². The summed E-state index contributed by atoms with van der Waals surface area (Å²) < 4.78 is 0. The van der Waals surface area contributed by atoms with E-state index in [0.717, 1.165) is 44.2 Å². The summed E-state index contributed by atoms with van der Waals surface area (Å²) in [5, 5.41) is 4.16. The van der Waals surface area contributed by atoms with Crippen LogP contribution in [-0.2, 0) is 6.42 Å². The molecule has 17 heavy (non-hydrogen) atoms. The molecule has 0 spiro atoms. The molecule has 1 N–H and O–H groups in total. The van der Waals surface area contributed by atoms with Gasteiger partial charge in [-0.2, -0.15) is 0 Å². The van der Waals surface area contributed by atoms with Gasteiger partial charge in [0.25, 0.3) is 0 Å². The molecule has 92 valence electrons. The second kappa shape index (κ2) is 6.80. The van der Waals surface area contributed by atoms with Gasteiger partial charge in [-0.25, -0.2) is 0 Å². The average molecular weight is 251 g/mol. The molecule has 0 bridgehead atoms. The Hall–Kier alpha value is -0.830. The van der Waals surface area contributed by atoms with Crippen molar-refractivity contribution >= 4 is 11.6 Å². The van der Waals surface area contributed by atoms with Crippen molar-refractivity contribution in [3.8, 4) is 0 Å². The Kier molecular flexibility index (Phi) is 5.05. The first-order chi connectivity index (χ1) is 8.34. The Morgan fingerprint density at radius 1 is 1.12 bits per heavy atom. The molecule has 1 aromatic rings. The standard InChI is InChI=1S/C14H19ClN2/c15-14-6-4-13(5-7-14)3-1-2-10-17-11-8-16-9-12-17/h1-2,4-7,16H,3,8-12H2/b2-1-. The fourth-order valence-electron chi connectivity index (χ4n) is 1.96. The van der Waals surface area contributed by atoms with Gasteiger partial charge in [0.1, 0.15) is 0 Å². The van der Waals surface area contributed by atoms with E-state index in [1.54, 1.807) is 0 Å². The minimum Gasteiger partial charge on any atom is -0.314 e. The van der Waals surface area contributed by atoms with Crippen molar-refractivity contribution < 1.29 is 0 Å². The molecular weight excluding hydrogens is 232 g/mol. The van der Waals surface area contributed by atoms with Crippen LogP contribution in [0.4, 0.5) is 0 Å². The Bertz CT molecular complexity index is 353. The number of nitrogens with one attached hydrogen (secondary N) is 1. The molecule has 2 nitrogen and oxygen atoms in total. The van der Waals surface area contributed by atoms with Gasteiger partial charge in [-0.05, 0) is 24.1 Å². The fourth-order valence-corrected chi connectivity index (χ4v) is 2.08. The summed E-state index contributed by atoms with van der Waals surface area (Å²) in [5.41, 5.74) is 1.31. The Balaban J connectivity index is 1.72. The number of nitrogens with zero attached hydrogens (tertiary/aromatic N) is 1. The lowest BCUT2D eigenvalue weighted by Gasteiger charge is -2.25. The van der Waals surface area contributed by atoms with Gasteiger partial charge < -0.3 is 5.32 Å². The van der Waals surface area contributed by atoms with E-state index < -0.39 is 0 Å². The summed E-state index contributed by atoms with van der Waals surface area (Å²) in [5.74, 6) is 0. The lowest BCUT2D eigenvalue weighted by molar-refractivity contribution is 0.264. The van der Waals surface area contributed by atoms with Gasteiger partial charge in [-0.3, -0.25) is 4.90 Å². The van der Waals surface area contributed by atoms with Crippen LogP contribution >= 0.6 is 11.6 Å². The van der Waals surface area contributed by atoms with Gasteiger partial charge in [-0.15, -0.1) is 0 Å². The number of rotatable bonds is 4. The van der Waals surface area contributed by atoms with E-state index in [9.17, 15) is 0 Å². The first kappa shape index (κ1) is 12.6. The van der Waals surface area contributed by atoms with E-state index in [1.807, 2.05) is 12.1 Å². The summed E-state index contributed by atoms with van der Waals surface area (Å²) >= 11 is 5.84. The van der Waals surface area contributed by atoms with Gasteiger partial charge in [0.05, 0.1) is 0 Å². The monoisotopic (exact) mass is 250 g/mol. The normalized spacial score (nSPS) is 17.7. The lowest BCUT2D eigenvalue weighted by atomic mass is 10.1. The van der Waals surface area contributed by atoms with Crippen molar-refractivity contribution in [2.75, 3.05) is 32.7 Å². The molecule has 1 aliphatic rings. The second-order valence-electron chi connectivity index (χ2n) is 4.35. The molecule has 0 amide bonds. The summed E-state index contributed by atoms with van der Waals surface area (Å²) in [6, 6.07) is 8.05. The van der Waals surface area contributed by atoms with Crippen molar-refractivity contribution in [3.05, 3.63) is 47.0 Å². The topological polar surface area (TPSA) is 15.3 Å². The third-order valence-corrected chi connectivity index (χ3v) is 3.26. The fraction of sp³-hybridized carbons (Fsp3) is 0.429. The predicted octanol–water partition coefficient (Wildman–Crippen LogP) is 2.34. The molecule has 0 unspecified atom stereocenters. The van der Waals surface area contributed by atoms with E-state index in [1.165, 1.54) is 5.56 Å². The number of hydrogen-bond acceptors (Lipinski definition) is 2. The second-order valence-corrected chi connectivity index (χ2v) is 4.79. The third kappa shape index (κ3) is 4.50. The highest BCUT2D eigenvalue weighted by Crippen LogP contribution is 2.10. The molecular formula is C14H19ClN2. The molecule has 0 atom stereocenters. The maximum atomic E-state index is 5.84. The highest BCUT2D eigenvalue weighted by Gasteiger charge is 2.06. The molecule has 1 aromatic carbocycles. The summed E-state index contributed by atoms with van der Waals surface area (Å²) in [7, 11) is 0. The van der Waals surface area contributed by atoms with E-state index in [4.69, 9.17) is 11.6 Å². The smallest absolute Gasteiger partial charge is 0.0406 e. The van der Waals surface area contributed by atoms with Gasteiger partial charge in [0, 0.05) is 37.7 Å². The highest BCUT2D eigenvalue weighted by molar-refractivity contribution is 6.30. The highest BCUT2D eigenvalue weighted by atomic mass is 35.5. The zero-order valence-electron chi connectivity index (χ0n) is 10.0. The maximum Gasteiger partial charge on any atom is 0.0406 e. The predicted molar refractivity (Wildman–Crippen MR) is 73.6 cm³/mol. The van der Waals surface area contributed by atoms with Gasteiger partial charge >= 0.3 is 0 Å². The van der Waals surface area contributed by atoms with Crippen LogP contribution in [0.3, 0.4) is 0 Å². The molecule has 1 saturated heterocycles. The van der Waals surface area contributed by atoms with Crippen LogP contribution in [-0.4, -0.2) is 37.6 Å². The number of allylic oxidation sites excluding steroid dienone is 1. The van der Waals surface area contributed by atoms with E-state index in [-0.39, 0.29) is 0 Å². The van der Waals surface area contributed by atoms with Crippen LogP contribution < -0.4 is 5.32 Å². The maximum absolute atomic E-state index is 5.84. The minimum absolute atomic E-state index is 0.804. The quantitative estimate of drug-likeness (QED) is 0.826. The summed E-state index contributed by atoms with van der Waals surface area (Å²) in [6.45, 7) is 5.61. The van der Waals surface area contributed by atoms with E-state index >= 15 is 0 Å². The number of piperazine rings is 1. The molecule has 0 radical (unpaired) electrons. The number of hydrogen-bond donors (Lipinski definition) is 1. The first-order valence-electron chi connectivity index (χ1n) is 6.17. The third-order valence-electron chi connectivity index (χ3n) is 3.01. The van der Waals surface area contributed by atoms with Crippen LogP contribution in [0.5, 0.6) is 0 Å². The molecule has 1 aliphatic heterocycles. The van der Waals surface area contributed by atoms with Crippen molar-refractivity contribution in [2.45, 2.75) is 6.42 Å². The zero-order valence-corrected chi connectivity index (χ0v) is 10.8. The van der Waals surface area contributed by atoms with Crippen LogP contribution in [0.25, 0.3) is 0 Å². The summed E-state index contributed by atoms with van der Waals surface area (Å²) in [6.07, 6.45) is 5.49. The van der Waals surface area contributed by atoms with Gasteiger partial charge in [-0.1, -0.05) is 35.9 Å². The zero-order chi connectivity index (χ0) is 11.9.